The quantitative estimate of drug-likeness (QED) is 0.682. The van der Waals surface area contributed by atoms with Gasteiger partial charge in [0.15, 0.2) is 5.17 Å². The molecule has 0 aromatic carbocycles. The number of hydrogen-bond acceptors (Lipinski definition) is 6. The van der Waals surface area contributed by atoms with Crippen LogP contribution in [0.1, 0.15) is 6.42 Å². The number of aliphatic imine (C=N–C) groups is 1. The van der Waals surface area contributed by atoms with Crippen LogP contribution in [0.5, 0.6) is 0 Å². The van der Waals surface area contributed by atoms with Crippen LogP contribution in [-0.4, -0.2) is 62.3 Å². The van der Waals surface area contributed by atoms with E-state index in [9.17, 15) is 23.4 Å². The van der Waals surface area contributed by atoms with E-state index in [0.717, 1.165) is 11.8 Å². The molecule has 5 atom stereocenters. The van der Waals surface area contributed by atoms with Crippen molar-refractivity contribution >= 4 is 33.1 Å². The number of ether oxygens (including phenoxy) is 1. The maximum Gasteiger partial charge on any atom is 0.391 e. The van der Waals surface area contributed by atoms with Crippen LogP contribution in [0.3, 0.4) is 0 Å². The summed E-state index contributed by atoms with van der Waals surface area (Å²) in [4.78, 5) is 4.11. The summed E-state index contributed by atoms with van der Waals surface area (Å²) in [6.07, 6.45) is -10.2. The molecule has 110 valence electrons. The predicted octanol–water partition coefficient (Wildman–Crippen LogP) is 1.10. The summed E-state index contributed by atoms with van der Waals surface area (Å²) in [5.74, 6) is 0. The number of aliphatic hydroxyl groups is 2. The van der Waals surface area contributed by atoms with Gasteiger partial charge in [-0.1, -0.05) is 11.8 Å². The first-order valence-corrected chi connectivity index (χ1v) is 7.00. The van der Waals surface area contributed by atoms with Gasteiger partial charge in [-0.3, -0.25) is 8.92 Å². The van der Waals surface area contributed by atoms with Gasteiger partial charge in [0.2, 0.25) is 0 Å². The molecule has 2 N–H and O–H groups in total. The topological polar surface area (TPSA) is 65.3 Å². The van der Waals surface area contributed by atoms with Gasteiger partial charge in [-0.25, -0.2) is 0 Å². The smallest absolute Gasteiger partial charge is 0.388 e. The molecular weight excluding hydrogens is 353 g/mol. The SMILES string of the molecule is CN(Br)C1=NC2C(OC(CC(F)(F)F)C(O)C2O)S1. The zero-order valence-corrected chi connectivity index (χ0v) is 12.1. The third kappa shape index (κ3) is 3.35. The fourth-order valence-corrected chi connectivity index (χ4v) is 3.40. The lowest BCUT2D eigenvalue weighted by molar-refractivity contribution is -0.209. The zero-order valence-electron chi connectivity index (χ0n) is 9.71. The molecule has 2 aliphatic rings. The number of halogens is 4. The molecule has 0 aromatic heterocycles. The van der Waals surface area contributed by atoms with Gasteiger partial charge in [0.1, 0.15) is 23.7 Å². The van der Waals surface area contributed by atoms with E-state index in [1.165, 1.54) is 3.93 Å². The Bertz CT molecular complexity index is 382. The minimum atomic E-state index is -4.46. The van der Waals surface area contributed by atoms with Gasteiger partial charge >= 0.3 is 6.18 Å². The van der Waals surface area contributed by atoms with Crippen LogP contribution in [0.2, 0.25) is 0 Å². The highest BCUT2D eigenvalue weighted by Gasteiger charge is 2.51. The lowest BCUT2D eigenvalue weighted by atomic mass is 9.96. The molecular formula is C9H12BrF3N2O3S. The van der Waals surface area contributed by atoms with Crippen LogP contribution in [-0.2, 0) is 4.74 Å². The molecule has 5 unspecified atom stereocenters. The number of aliphatic hydroxyl groups excluding tert-OH is 2. The molecule has 10 heteroatoms. The summed E-state index contributed by atoms with van der Waals surface area (Å²) in [6.45, 7) is 0. The Balaban J connectivity index is 2.10. The molecule has 0 bridgehead atoms. The molecule has 0 aromatic rings. The molecule has 19 heavy (non-hydrogen) atoms. The normalized spacial score (nSPS) is 38.9. The van der Waals surface area contributed by atoms with Crippen LogP contribution < -0.4 is 0 Å². The minimum Gasteiger partial charge on any atom is -0.388 e. The van der Waals surface area contributed by atoms with Gasteiger partial charge in [-0.05, 0) is 0 Å². The zero-order chi connectivity index (χ0) is 14.4. The maximum atomic E-state index is 12.4. The van der Waals surface area contributed by atoms with Crippen molar-refractivity contribution in [2.75, 3.05) is 7.05 Å². The minimum absolute atomic E-state index is 0.480. The van der Waals surface area contributed by atoms with E-state index in [0.29, 0.717) is 5.17 Å². The van der Waals surface area contributed by atoms with Gasteiger partial charge in [0.25, 0.3) is 0 Å². The van der Waals surface area contributed by atoms with Crippen molar-refractivity contribution in [3.05, 3.63) is 0 Å². The van der Waals surface area contributed by atoms with E-state index in [-0.39, 0.29) is 0 Å². The summed E-state index contributed by atoms with van der Waals surface area (Å²) in [7, 11) is 1.65. The molecule has 1 fully saturated rings. The fourth-order valence-electron chi connectivity index (χ4n) is 1.96. The first-order valence-electron chi connectivity index (χ1n) is 5.41. The Morgan fingerprint density at radius 3 is 2.58 bits per heavy atom. The van der Waals surface area contributed by atoms with E-state index < -0.39 is 42.4 Å². The monoisotopic (exact) mass is 364 g/mol. The average molecular weight is 365 g/mol. The van der Waals surface area contributed by atoms with Crippen molar-refractivity contribution in [1.29, 1.82) is 0 Å². The number of rotatable bonds is 1. The number of nitrogens with zero attached hydrogens (tertiary/aromatic N) is 2. The molecule has 0 radical (unpaired) electrons. The molecule has 0 spiro atoms. The first kappa shape index (κ1) is 15.4. The highest BCUT2D eigenvalue weighted by molar-refractivity contribution is 9.08. The number of hydrogen-bond donors (Lipinski definition) is 2. The Labute approximate surface area is 120 Å². The van der Waals surface area contributed by atoms with Crippen LogP contribution >= 0.6 is 27.9 Å². The lowest BCUT2D eigenvalue weighted by Crippen LogP contribution is -2.55. The highest BCUT2D eigenvalue weighted by atomic mass is 79.9. The number of fused-ring (bicyclic) bond motifs is 1. The summed E-state index contributed by atoms with van der Waals surface area (Å²) >= 11 is 4.24. The fraction of sp³-hybridized carbons (Fsp3) is 0.889. The van der Waals surface area contributed by atoms with E-state index >= 15 is 0 Å². The van der Waals surface area contributed by atoms with Gasteiger partial charge in [-0.15, -0.1) is 0 Å². The van der Waals surface area contributed by atoms with Crippen LogP contribution in [0.15, 0.2) is 4.99 Å². The van der Waals surface area contributed by atoms with E-state index in [1.807, 2.05) is 0 Å². The largest absolute Gasteiger partial charge is 0.391 e. The number of alkyl halides is 3. The second-order valence-electron chi connectivity index (χ2n) is 4.34. The van der Waals surface area contributed by atoms with Crippen molar-refractivity contribution < 1.29 is 28.1 Å². The Morgan fingerprint density at radius 1 is 1.42 bits per heavy atom. The van der Waals surface area contributed by atoms with Crippen molar-refractivity contribution in [3.8, 4) is 0 Å². The van der Waals surface area contributed by atoms with E-state index in [4.69, 9.17) is 4.74 Å². The maximum absolute atomic E-state index is 12.4. The first-order chi connectivity index (χ1) is 8.69. The van der Waals surface area contributed by atoms with Crippen LogP contribution in [0.4, 0.5) is 13.2 Å². The molecule has 5 nitrogen and oxygen atoms in total. The Kier molecular flexibility index (Phi) is 4.36. The summed E-state index contributed by atoms with van der Waals surface area (Å²) in [5, 5.41) is 20.0. The predicted molar refractivity (Wildman–Crippen MR) is 66.9 cm³/mol. The van der Waals surface area contributed by atoms with Crippen molar-refractivity contribution in [2.24, 2.45) is 4.99 Å². The molecule has 0 aliphatic carbocycles. The molecule has 1 saturated heterocycles. The number of amidine groups is 1. The molecule has 0 saturated carbocycles. The second kappa shape index (κ2) is 5.40. The molecule has 0 amide bonds. The Morgan fingerprint density at radius 2 is 2.05 bits per heavy atom. The van der Waals surface area contributed by atoms with Gasteiger partial charge in [0, 0.05) is 7.05 Å². The molecule has 2 heterocycles. The van der Waals surface area contributed by atoms with Gasteiger partial charge < -0.3 is 14.9 Å². The van der Waals surface area contributed by atoms with Crippen molar-refractivity contribution in [3.63, 3.8) is 0 Å². The van der Waals surface area contributed by atoms with Gasteiger partial charge in [0.05, 0.1) is 28.7 Å². The second-order valence-corrected chi connectivity index (χ2v) is 6.47. The summed E-state index contributed by atoms with van der Waals surface area (Å²) < 4.78 is 43.8. The summed E-state index contributed by atoms with van der Waals surface area (Å²) in [6, 6.07) is -0.764. The van der Waals surface area contributed by atoms with E-state index in [2.05, 4.69) is 21.1 Å². The van der Waals surface area contributed by atoms with Crippen LogP contribution in [0, 0.1) is 0 Å². The highest BCUT2D eigenvalue weighted by Crippen LogP contribution is 2.40. The Hall–Kier alpha value is -0.0300. The lowest BCUT2D eigenvalue weighted by Gasteiger charge is -2.38. The average Bonchev–Trinajstić information content (AvgIpc) is 2.67. The molecule has 2 rings (SSSR count). The third-order valence-electron chi connectivity index (χ3n) is 2.85. The van der Waals surface area contributed by atoms with Gasteiger partial charge in [-0.2, -0.15) is 13.2 Å². The van der Waals surface area contributed by atoms with Crippen molar-refractivity contribution in [1.82, 2.24) is 3.93 Å². The summed E-state index contributed by atoms with van der Waals surface area (Å²) in [5.41, 5.74) is -0.722. The molecule has 2 aliphatic heterocycles. The standard InChI is InChI=1S/C9H12BrF3N2O3S/c1-15(10)8-14-4-6(17)5(16)3(2-9(11,12)13)18-7(4)19-8/h3-7,16-17H,2H2,1H3. The third-order valence-corrected chi connectivity index (χ3v) is 4.63. The van der Waals surface area contributed by atoms with E-state index in [1.54, 1.807) is 7.05 Å². The van der Waals surface area contributed by atoms with Crippen molar-refractivity contribution in [2.45, 2.75) is 42.4 Å². The van der Waals surface area contributed by atoms with Crippen LogP contribution in [0.25, 0.3) is 0 Å². The number of thioether (sulfide) groups is 1.